The molecule has 6 heteroatoms. The average molecular weight is 287 g/mol. The van der Waals surface area contributed by atoms with E-state index in [2.05, 4.69) is 4.98 Å². The van der Waals surface area contributed by atoms with Crippen molar-refractivity contribution >= 4 is 17.3 Å². The Morgan fingerprint density at radius 1 is 1.37 bits per heavy atom. The van der Waals surface area contributed by atoms with Gasteiger partial charge in [0.05, 0.1) is 18.5 Å². The predicted octanol–water partition coefficient (Wildman–Crippen LogP) is 3.91. The van der Waals surface area contributed by atoms with Crippen LogP contribution in [0.5, 0.6) is 0 Å². The lowest BCUT2D eigenvalue weighted by molar-refractivity contribution is 0.154. The fourth-order valence-electron chi connectivity index (χ4n) is 1.84. The molecule has 0 aliphatic rings. The maximum absolute atomic E-state index is 12.7. The third-order valence-corrected chi connectivity index (χ3v) is 2.92. The molecule has 0 N–H and O–H groups in total. The van der Waals surface area contributed by atoms with Crippen molar-refractivity contribution in [1.29, 1.82) is 0 Å². The second-order valence-electron chi connectivity index (χ2n) is 4.12. The SMILES string of the molecule is Cc1occc1N(Cc1ccc(Cl)nc1)CC(F)F. The highest BCUT2D eigenvalue weighted by atomic mass is 35.5. The Morgan fingerprint density at radius 2 is 2.16 bits per heavy atom. The van der Waals surface area contributed by atoms with Crippen LogP contribution in [0, 0.1) is 6.92 Å². The Kier molecular flexibility index (Phi) is 4.37. The predicted molar refractivity (Wildman–Crippen MR) is 69.7 cm³/mol. The first kappa shape index (κ1) is 13.8. The Bertz CT molecular complexity index is 528. The molecule has 0 aliphatic carbocycles. The zero-order valence-electron chi connectivity index (χ0n) is 10.3. The van der Waals surface area contributed by atoms with Crippen LogP contribution >= 0.6 is 11.6 Å². The average Bonchev–Trinajstić information content (AvgIpc) is 2.77. The highest BCUT2D eigenvalue weighted by Gasteiger charge is 2.16. The summed E-state index contributed by atoms with van der Waals surface area (Å²) in [5, 5.41) is 0.378. The fourth-order valence-corrected chi connectivity index (χ4v) is 1.95. The number of aryl methyl sites for hydroxylation is 1. The van der Waals surface area contributed by atoms with Crippen molar-refractivity contribution in [3.05, 3.63) is 47.1 Å². The van der Waals surface area contributed by atoms with Gasteiger partial charge >= 0.3 is 0 Å². The van der Waals surface area contributed by atoms with Gasteiger partial charge in [-0.25, -0.2) is 13.8 Å². The summed E-state index contributed by atoms with van der Waals surface area (Å²) in [6, 6.07) is 5.09. The minimum absolute atomic E-state index is 0.328. The number of hydrogen-bond acceptors (Lipinski definition) is 3. The minimum atomic E-state index is -2.42. The molecule has 0 aliphatic heterocycles. The van der Waals surface area contributed by atoms with E-state index in [1.165, 1.54) is 6.26 Å². The van der Waals surface area contributed by atoms with Crippen molar-refractivity contribution in [3.8, 4) is 0 Å². The summed E-state index contributed by atoms with van der Waals surface area (Å²) < 4.78 is 30.5. The fraction of sp³-hybridized carbons (Fsp3) is 0.308. The van der Waals surface area contributed by atoms with Crippen LogP contribution in [0.15, 0.2) is 35.1 Å². The third kappa shape index (κ3) is 3.67. The molecule has 0 spiro atoms. The van der Waals surface area contributed by atoms with Gasteiger partial charge < -0.3 is 9.32 Å². The van der Waals surface area contributed by atoms with Gasteiger partial charge in [0.15, 0.2) is 0 Å². The standard InChI is InChI=1S/C13H13ClF2N2O/c1-9-11(4-5-19-9)18(8-13(15)16)7-10-2-3-12(14)17-6-10/h2-6,13H,7-8H2,1H3. The molecule has 0 atom stereocenters. The summed E-state index contributed by atoms with van der Waals surface area (Å²) in [6.07, 6.45) is 0.647. The van der Waals surface area contributed by atoms with Crippen molar-refractivity contribution in [2.45, 2.75) is 19.9 Å². The lowest BCUT2D eigenvalue weighted by Gasteiger charge is -2.23. The van der Waals surface area contributed by atoms with E-state index in [4.69, 9.17) is 16.0 Å². The number of anilines is 1. The maximum Gasteiger partial charge on any atom is 0.255 e. The Labute approximate surface area is 114 Å². The van der Waals surface area contributed by atoms with E-state index in [-0.39, 0.29) is 6.54 Å². The highest BCUT2D eigenvalue weighted by molar-refractivity contribution is 6.29. The summed E-state index contributed by atoms with van der Waals surface area (Å²) in [6.45, 7) is 1.71. The van der Waals surface area contributed by atoms with E-state index in [1.807, 2.05) is 0 Å². The number of rotatable bonds is 5. The number of aromatic nitrogens is 1. The monoisotopic (exact) mass is 286 g/mol. The number of alkyl halides is 2. The molecule has 0 unspecified atom stereocenters. The van der Waals surface area contributed by atoms with Gasteiger partial charge in [-0.1, -0.05) is 17.7 Å². The van der Waals surface area contributed by atoms with Gasteiger partial charge in [-0.05, 0) is 18.6 Å². The smallest absolute Gasteiger partial charge is 0.255 e. The summed E-state index contributed by atoms with van der Waals surface area (Å²) in [7, 11) is 0. The molecule has 2 aromatic heterocycles. The van der Waals surface area contributed by atoms with Gasteiger partial charge in [-0.3, -0.25) is 0 Å². The Morgan fingerprint density at radius 3 is 2.68 bits per heavy atom. The first-order valence-corrected chi connectivity index (χ1v) is 6.11. The van der Waals surface area contributed by atoms with Crippen LogP contribution in [-0.2, 0) is 6.54 Å². The lowest BCUT2D eigenvalue weighted by atomic mass is 10.2. The van der Waals surface area contributed by atoms with Crippen LogP contribution in [0.4, 0.5) is 14.5 Å². The van der Waals surface area contributed by atoms with Gasteiger partial charge in [-0.2, -0.15) is 0 Å². The molecule has 0 fully saturated rings. The molecule has 0 amide bonds. The van der Waals surface area contributed by atoms with E-state index < -0.39 is 6.43 Å². The number of halogens is 3. The number of hydrogen-bond donors (Lipinski definition) is 0. The van der Waals surface area contributed by atoms with Crippen LogP contribution < -0.4 is 4.90 Å². The number of pyridine rings is 1. The molecule has 3 nitrogen and oxygen atoms in total. The largest absolute Gasteiger partial charge is 0.467 e. The van der Waals surface area contributed by atoms with Crippen LogP contribution in [-0.4, -0.2) is 18.0 Å². The highest BCUT2D eigenvalue weighted by Crippen LogP contribution is 2.24. The van der Waals surface area contributed by atoms with Crippen molar-refractivity contribution < 1.29 is 13.2 Å². The van der Waals surface area contributed by atoms with Gasteiger partial charge in [0.25, 0.3) is 6.43 Å². The quantitative estimate of drug-likeness (QED) is 0.781. The van der Waals surface area contributed by atoms with Gasteiger partial charge in [0.1, 0.15) is 10.9 Å². The van der Waals surface area contributed by atoms with Gasteiger partial charge in [-0.15, -0.1) is 0 Å². The summed E-state index contributed by atoms with van der Waals surface area (Å²) in [5.74, 6) is 0.613. The number of furan rings is 1. The Hall–Kier alpha value is -1.62. The summed E-state index contributed by atoms with van der Waals surface area (Å²) >= 11 is 5.70. The molecular formula is C13H13ClF2N2O. The summed E-state index contributed by atoms with van der Waals surface area (Å²) in [4.78, 5) is 5.51. The van der Waals surface area contributed by atoms with Crippen LogP contribution in [0.2, 0.25) is 5.15 Å². The zero-order chi connectivity index (χ0) is 13.8. The summed E-state index contributed by atoms with van der Waals surface area (Å²) in [5.41, 5.74) is 1.47. The van der Waals surface area contributed by atoms with E-state index in [0.717, 1.165) is 5.56 Å². The van der Waals surface area contributed by atoms with E-state index in [1.54, 1.807) is 36.2 Å². The lowest BCUT2D eigenvalue weighted by Crippen LogP contribution is -2.28. The first-order valence-electron chi connectivity index (χ1n) is 5.74. The van der Waals surface area contributed by atoms with Crippen LogP contribution in [0.3, 0.4) is 0 Å². The molecule has 0 bridgehead atoms. The van der Waals surface area contributed by atoms with Crippen LogP contribution in [0.1, 0.15) is 11.3 Å². The van der Waals surface area contributed by atoms with Gasteiger partial charge in [0.2, 0.25) is 0 Å². The molecule has 19 heavy (non-hydrogen) atoms. The van der Waals surface area contributed by atoms with Gasteiger partial charge in [0, 0.05) is 18.8 Å². The van der Waals surface area contributed by atoms with Crippen molar-refractivity contribution in [3.63, 3.8) is 0 Å². The van der Waals surface area contributed by atoms with E-state index in [0.29, 0.717) is 23.1 Å². The van der Waals surface area contributed by atoms with Crippen molar-refractivity contribution in [1.82, 2.24) is 4.98 Å². The van der Waals surface area contributed by atoms with Crippen LogP contribution in [0.25, 0.3) is 0 Å². The van der Waals surface area contributed by atoms with E-state index >= 15 is 0 Å². The third-order valence-electron chi connectivity index (χ3n) is 2.69. The maximum atomic E-state index is 12.7. The molecule has 0 saturated carbocycles. The molecular weight excluding hydrogens is 274 g/mol. The Balaban J connectivity index is 2.19. The molecule has 2 rings (SSSR count). The molecule has 0 radical (unpaired) electrons. The molecule has 0 saturated heterocycles. The molecule has 2 heterocycles. The van der Waals surface area contributed by atoms with Crippen molar-refractivity contribution in [2.75, 3.05) is 11.4 Å². The second kappa shape index (κ2) is 6.02. The zero-order valence-corrected chi connectivity index (χ0v) is 11.1. The van der Waals surface area contributed by atoms with E-state index in [9.17, 15) is 8.78 Å². The first-order chi connectivity index (χ1) is 9.06. The molecule has 2 aromatic rings. The minimum Gasteiger partial charge on any atom is -0.467 e. The molecule has 0 aromatic carbocycles. The second-order valence-corrected chi connectivity index (χ2v) is 4.51. The normalized spacial score (nSPS) is 11.0. The topological polar surface area (TPSA) is 29.3 Å². The van der Waals surface area contributed by atoms with Crippen molar-refractivity contribution in [2.24, 2.45) is 0 Å². The number of nitrogens with zero attached hydrogens (tertiary/aromatic N) is 2. The molecule has 102 valence electrons.